The van der Waals surface area contributed by atoms with Crippen molar-refractivity contribution in [2.75, 3.05) is 6.61 Å². The van der Waals surface area contributed by atoms with Gasteiger partial charge in [-0.15, -0.1) is 0 Å². The van der Waals surface area contributed by atoms with Crippen LogP contribution in [0, 0.1) is 0 Å². The number of hydrogen-bond donors (Lipinski definition) is 1. The number of ether oxygens (including phenoxy) is 3. The van der Waals surface area contributed by atoms with Gasteiger partial charge in [0.2, 0.25) is 0 Å². The smallest absolute Gasteiger partial charge is 0.184 e. The lowest BCUT2D eigenvalue weighted by atomic mass is 9.97. The molecule has 2 aliphatic heterocycles. The monoisotopic (exact) mass is 385 g/mol. The summed E-state index contributed by atoms with van der Waals surface area (Å²) in [5.41, 5.74) is 9.30. The predicted octanol–water partition coefficient (Wildman–Crippen LogP) is 3.66. The van der Waals surface area contributed by atoms with Crippen molar-refractivity contribution >= 4 is 11.8 Å². The molecule has 140 valence electrons. The van der Waals surface area contributed by atoms with Crippen molar-refractivity contribution in [3.8, 4) is 0 Å². The zero-order valence-corrected chi connectivity index (χ0v) is 15.2. The number of rotatable bonds is 4. The molecule has 2 fully saturated rings. The second-order valence-corrected chi connectivity index (χ2v) is 7.51. The first-order valence-electron chi connectivity index (χ1n) is 8.68. The second kappa shape index (κ2) is 8.31. The van der Waals surface area contributed by atoms with Crippen LogP contribution in [0.3, 0.4) is 0 Å². The molecule has 2 heterocycles. The molecule has 8 heteroatoms. The Labute approximate surface area is 160 Å². The zero-order chi connectivity index (χ0) is 18.6. The van der Waals surface area contributed by atoms with E-state index in [1.165, 1.54) is 11.8 Å². The highest BCUT2D eigenvalue weighted by atomic mass is 32.2. The number of nitrogens with zero attached hydrogens (tertiary/aromatic N) is 3. The standard InChI is InChI=1S/C19H19N3O4S/c20-22-21-15-16(23)17-14(25-19(15)27-13-9-5-2-6-10-13)11-24-18(26-17)12-7-3-1-4-8-12/h1-10,14-19,23H,11H2/t14?,15?,16-,17?,18?,19-/m1/s1. The predicted molar refractivity (Wildman–Crippen MR) is 99.9 cm³/mol. The maximum absolute atomic E-state index is 10.9. The summed E-state index contributed by atoms with van der Waals surface area (Å²) in [6.45, 7) is 0.288. The van der Waals surface area contributed by atoms with Gasteiger partial charge in [-0.3, -0.25) is 0 Å². The van der Waals surface area contributed by atoms with Crippen molar-refractivity contribution in [2.45, 2.75) is 41.0 Å². The molecular weight excluding hydrogens is 366 g/mol. The average molecular weight is 385 g/mol. The molecule has 0 aliphatic carbocycles. The van der Waals surface area contributed by atoms with Crippen LogP contribution in [0.5, 0.6) is 0 Å². The Hall–Kier alpha value is -2.06. The molecule has 4 unspecified atom stereocenters. The van der Waals surface area contributed by atoms with Crippen molar-refractivity contribution in [1.29, 1.82) is 0 Å². The first kappa shape index (κ1) is 18.3. The van der Waals surface area contributed by atoms with E-state index in [0.717, 1.165) is 10.5 Å². The topological polar surface area (TPSA) is 96.7 Å². The van der Waals surface area contributed by atoms with Crippen molar-refractivity contribution in [3.05, 3.63) is 76.7 Å². The fraction of sp³-hybridized carbons (Fsp3) is 0.368. The lowest BCUT2D eigenvalue weighted by Gasteiger charge is -2.46. The van der Waals surface area contributed by atoms with Crippen molar-refractivity contribution in [1.82, 2.24) is 0 Å². The molecule has 2 saturated heterocycles. The maximum atomic E-state index is 10.9. The van der Waals surface area contributed by atoms with Crippen LogP contribution >= 0.6 is 11.8 Å². The van der Waals surface area contributed by atoms with Gasteiger partial charge in [-0.25, -0.2) is 0 Å². The first-order chi connectivity index (χ1) is 13.3. The molecule has 2 aliphatic rings. The largest absolute Gasteiger partial charge is 0.390 e. The molecule has 0 bridgehead atoms. The minimum absolute atomic E-state index is 0.288. The Morgan fingerprint density at radius 1 is 1.04 bits per heavy atom. The van der Waals surface area contributed by atoms with Crippen molar-refractivity contribution in [2.24, 2.45) is 5.11 Å². The van der Waals surface area contributed by atoms with Crippen LogP contribution in [-0.2, 0) is 14.2 Å². The van der Waals surface area contributed by atoms with Gasteiger partial charge in [0.15, 0.2) is 6.29 Å². The molecule has 1 N–H and O–H groups in total. The molecule has 0 saturated carbocycles. The normalized spacial score (nSPS) is 32.9. The van der Waals surface area contributed by atoms with Gasteiger partial charge in [0.1, 0.15) is 23.7 Å². The van der Waals surface area contributed by atoms with Gasteiger partial charge in [-0.1, -0.05) is 65.4 Å². The highest BCUT2D eigenvalue weighted by molar-refractivity contribution is 7.99. The van der Waals surface area contributed by atoms with E-state index in [2.05, 4.69) is 10.0 Å². The van der Waals surface area contributed by atoms with Crippen LogP contribution in [0.1, 0.15) is 11.9 Å². The lowest BCUT2D eigenvalue weighted by Crippen LogP contribution is -2.60. The molecule has 0 spiro atoms. The highest BCUT2D eigenvalue weighted by Crippen LogP contribution is 2.39. The fourth-order valence-electron chi connectivity index (χ4n) is 3.27. The number of thioether (sulfide) groups is 1. The third kappa shape index (κ3) is 3.96. The summed E-state index contributed by atoms with van der Waals surface area (Å²) in [4.78, 5) is 3.87. The Balaban J connectivity index is 1.53. The SMILES string of the molecule is [N-]=[N+]=NC1[C@@H](O)C2OC(c3ccccc3)OCC2O[C@@H]1Sc1ccccc1. The number of hydrogen-bond acceptors (Lipinski definition) is 6. The van der Waals surface area contributed by atoms with Crippen molar-refractivity contribution < 1.29 is 19.3 Å². The van der Waals surface area contributed by atoms with Gasteiger partial charge >= 0.3 is 0 Å². The Morgan fingerprint density at radius 2 is 1.74 bits per heavy atom. The number of fused-ring (bicyclic) bond motifs is 1. The van der Waals surface area contributed by atoms with Crippen LogP contribution in [0.4, 0.5) is 0 Å². The van der Waals surface area contributed by atoms with Crippen LogP contribution < -0.4 is 0 Å². The van der Waals surface area contributed by atoms with E-state index in [9.17, 15) is 5.11 Å². The zero-order valence-electron chi connectivity index (χ0n) is 14.4. The Bertz CT molecular complexity index is 803. The van der Waals surface area contributed by atoms with E-state index >= 15 is 0 Å². The van der Waals surface area contributed by atoms with E-state index < -0.39 is 36.1 Å². The number of aliphatic hydroxyl groups is 1. The number of benzene rings is 2. The Morgan fingerprint density at radius 3 is 2.44 bits per heavy atom. The summed E-state index contributed by atoms with van der Waals surface area (Å²) in [6.07, 6.45) is -2.65. The second-order valence-electron chi connectivity index (χ2n) is 6.34. The highest BCUT2D eigenvalue weighted by Gasteiger charge is 2.49. The molecule has 6 atom stereocenters. The molecule has 0 radical (unpaired) electrons. The minimum Gasteiger partial charge on any atom is -0.390 e. The summed E-state index contributed by atoms with van der Waals surface area (Å²) in [6, 6.07) is 18.4. The minimum atomic E-state index is -0.990. The lowest BCUT2D eigenvalue weighted by molar-refractivity contribution is -0.305. The third-order valence-electron chi connectivity index (χ3n) is 4.59. The van der Waals surface area contributed by atoms with Gasteiger partial charge in [0.05, 0.1) is 12.7 Å². The van der Waals surface area contributed by atoms with Crippen molar-refractivity contribution in [3.63, 3.8) is 0 Å². The molecule has 2 aromatic carbocycles. The first-order valence-corrected chi connectivity index (χ1v) is 9.55. The van der Waals surface area contributed by atoms with Gasteiger partial charge in [-0.2, -0.15) is 0 Å². The molecule has 0 aromatic heterocycles. The van der Waals surface area contributed by atoms with E-state index in [-0.39, 0.29) is 6.61 Å². The molecule has 27 heavy (non-hydrogen) atoms. The summed E-state index contributed by atoms with van der Waals surface area (Å²) in [5, 5.41) is 14.7. The third-order valence-corrected chi connectivity index (χ3v) is 5.75. The number of aliphatic hydroxyl groups excluding tert-OH is 1. The molecular formula is C19H19N3O4S. The van der Waals surface area contributed by atoms with Gasteiger partial charge in [0, 0.05) is 15.4 Å². The quantitative estimate of drug-likeness (QED) is 0.492. The van der Waals surface area contributed by atoms with E-state index in [0.29, 0.717) is 0 Å². The number of azide groups is 1. The molecule has 2 aromatic rings. The van der Waals surface area contributed by atoms with E-state index in [4.69, 9.17) is 19.7 Å². The van der Waals surface area contributed by atoms with E-state index in [1.54, 1.807) is 0 Å². The van der Waals surface area contributed by atoms with Crippen LogP contribution in [0.15, 0.2) is 70.7 Å². The van der Waals surface area contributed by atoms with Crippen LogP contribution in [-0.4, -0.2) is 41.5 Å². The fourth-order valence-corrected chi connectivity index (χ4v) is 4.41. The van der Waals surface area contributed by atoms with Crippen LogP contribution in [0.25, 0.3) is 10.4 Å². The van der Waals surface area contributed by atoms with Gasteiger partial charge in [0.25, 0.3) is 0 Å². The summed E-state index contributed by atoms with van der Waals surface area (Å²) in [7, 11) is 0. The van der Waals surface area contributed by atoms with Gasteiger partial charge in [-0.05, 0) is 17.7 Å². The van der Waals surface area contributed by atoms with E-state index in [1.807, 2.05) is 60.7 Å². The summed E-state index contributed by atoms with van der Waals surface area (Å²) in [5.74, 6) is 0. The summed E-state index contributed by atoms with van der Waals surface area (Å²) < 4.78 is 17.9. The Kier molecular flexibility index (Phi) is 5.63. The average Bonchev–Trinajstić information content (AvgIpc) is 2.72. The van der Waals surface area contributed by atoms with Gasteiger partial charge < -0.3 is 19.3 Å². The molecule has 7 nitrogen and oxygen atoms in total. The van der Waals surface area contributed by atoms with Crippen LogP contribution in [0.2, 0.25) is 0 Å². The molecule has 4 rings (SSSR count). The summed E-state index contributed by atoms with van der Waals surface area (Å²) >= 11 is 1.41. The maximum Gasteiger partial charge on any atom is 0.184 e. The molecule has 0 amide bonds.